The van der Waals surface area contributed by atoms with Gasteiger partial charge in [0.25, 0.3) is 0 Å². The molecule has 3 rings (SSSR count). The monoisotopic (exact) mass is 370 g/mol. The van der Waals surface area contributed by atoms with Crippen LogP contribution in [0.25, 0.3) is 0 Å². The minimum atomic E-state index is -0.369. The third-order valence-corrected chi connectivity index (χ3v) is 5.10. The Morgan fingerprint density at radius 2 is 2.11 bits per heavy atom. The predicted octanol–water partition coefficient (Wildman–Crippen LogP) is 2.29. The fourth-order valence-electron chi connectivity index (χ4n) is 3.55. The van der Waals surface area contributed by atoms with Crippen LogP contribution in [0.15, 0.2) is 24.3 Å². The largest absolute Gasteiger partial charge is 0.496 e. The highest BCUT2D eigenvalue weighted by Crippen LogP contribution is 2.26. The number of carbonyl (C=O) groups is 2. The maximum absolute atomic E-state index is 12.7. The van der Waals surface area contributed by atoms with E-state index >= 15 is 0 Å². The van der Waals surface area contributed by atoms with Gasteiger partial charge in [-0.25, -0.2) is 0 Å². The van der Waals surface area contributed by atoms with E-state index in [-0.39, 0.29) is 24.2 Å². The van der Waals surface area contributed by atoms with Gasteiger partial charge in [0.1, 0.15) is 11.6 Å². The molecule has 1 aromatic heterocycles. The number of methoxy groups -OCH3 is 1. The molecule has 1 unspecified atom stereocenters. The summed E-state index contributed by atoms with van der Waals surface area (Å²) in [7, 11) is 3.43. The smallest absolute Gasteiger partial charge is 0.230 e. The summed E-state index contributed by atoms with van der Waals surface area (Å²) >= 11 is 0. The lowest BCUT2D eigenvalue weighted by molar-refractivity contribution is -0.128. The second-order valence-corrected chi connectivity index (χ2v) is 6.87. The molecule has 0 aliphatic carbocycles. The predicted molar refractivity (Wildman–Crippen MR) is 102 cm³/mol. The second-order valence-electron chi connectivity index (χ2n) is 6.87. The van der Waals surface area contributed by atoms with Gasteiger partial charge in [0.15, 0.2) is 0 Å². The number of benzene rings is 1. The number of nitrogens with one attached hydrogen (secondary N) is 1. The molecule has 1 saturated heterocycles. The maximum atomic E-state index is 12.7. The van der Waals surface area contributed by atoms with E-state index in [1.165, 1.54) is 0 Å². The van der Waals surface area contributed by atoms with Gasteiger partial charge in [-0.3, -0.25) is 14.3 Å². The Hall–Kier alpha value is -2.83. The van der Waals surface area contributed by atoms with Crippen molar-refractivity contribution in [1.82, 2.24) is 14.7 Å². The Labute approximate surface area is 159 Å². The highest BCUT2D eigenvalue weighted by atomic mass is 16.5. The summed E-state index contributed by atoms with van der Waals surface area (Å²) in [6.45, 7) is 4.83. The van der Waals surface area contributed by atoms with Crippen LogP contribution in [0.5, 0.6) is 5.75 Å². The van der Waals surface area contributed by atoms with Crippen LogP contribution in [0.1, 0.15) is 30.2 Å². The van der Waals surface area contributed by atoms with Crippen molar-refractivity contribution in [3.63, 3.8) is 0 Å². The molecule has 1 aliphatic heterocycles. The van der Waals surface area contributed by atoms with E-state index in [9.17, 15) is 9.59 Å². The third kappa shape index (κ3) is 3.82. The zero-order valence-electron chi connectivity index (χ0n) is 16.3. The lowest BCUT2D eigenvalue weighted by Crippen LogP contribution is -2.28. The molecule has 144 valence electrons. The average Bonchev–Trinajstić information content (AvgIpc) is 3.16. The van der Waals surface area contributed by atoms with Crippen molar-refractivity contribution in [2.75, 3.05) is 19.0 Å². The van der Waals surface area contributed by atoms with Crippen LogP contribution >= 0.6 is 0 Å². The van der Waals surface area contributed by atoms with Gasteiger partial charge < -0.3 is 15.0 Å². The molecular weight excluding hydrogens is 344 g/mol. The van der Waals surface area contributed by atoms with Gasteiger partial charge in [0, 0.05) is 37.7 Å². The number of amides is 2. The summed E-state index contributed by atoms with van der Waals surface area (Å²) in [6.07, 6.45) is 1.03. The highest BCUT2D eigenvalue weighted by molar-refractivity contribution is 5.97. The van der Waals surface area contributed by atoms with Gasteiger partial charge in [-0.2, -0.15) is 5.10 Å². The molecule has 1 fully saturated rings. The number of likely N-dealkylation sites (tertiary alicyclic amines) is 1. The normalized spacial score (nSPS) is 16.7. The number of hydrogen-bond acceptors (Lipinski definition) is 4. The first-order valence-corrected chi connectivity index (χ1v) is 9.17. The number of aromatic nitrogens is 2. The number of rotatable bonds is 6. The maximum Gasteiger partial charge on any atom is 0.230 e. The van der Waals surface area contributed by atoms with Gasteiger partial charge in [0.2, 0.25) is 11.8 Å². The molecular formula is C20H26N4O3. The number of aryl methyl sites for hydroxylation is 2. The standard InChI is InChI=1S/C20H26N4O3/c1-5-16-13(2)19(23(3)22-16)21-20(26)15-10-18(25)24(12-15)11-14-8-6-7-9-17(14)27-4/h6-9,15H,5,10-12H2,1-4H3,(H,21,26). The first-order chi connectivity index (χ1) is 12.9. The Bertz CT molecular complexity index is 859. The Kier molecular flexibility index (Phi) is 5.48. The van der Waals surface area contributed by atoms with E-state index in [0.717, 1.165) is 29.0 Å². The molecule has 1 aliphatic rings. The van der Waals surface area contributed by atoms with Crippen LogP contribution < -0.4 is 10.1 Å². The molecule has 0 saturated carbocycles. The molecule has 7 heteroatoms. The van der Waals surface area contributed by atoms with Crippen molar-refractivity contribution >= 4 is 17.6 Å². The summed E-state index contributed by atoms with van der Waals surface area (Å²) in [6, 6.07) is 7.62. The molecule has 0 radical (unpaired) electrons. The molecule has 0 spiro atoms. The lowest BCUT2D eigenvalue weighted by Gasteiger charge is -2.18. The Balaban J connectivity index is 1.68. The molecule has 1 atom stereocenters. The van der Waals surface area contributed by atoms with Crippen molar-refractivity contribution < 1.29 is 14.3 Å². The summed E-state index contributed by atoms with van der Waals surface area (Å²) in [5.74, 6) is 0.923. The van der Waals surface area contributed by atoms with Crippen LogP contribution in [-0.2, 0) is 29.6 Å². The van der Waals surface area contributed by atoms with Crippen LogP contribution in [0.2, 0.25) is 0 Å². The number of nitrogens with zero attached hydrogens (tertiary/aromatic N) is 3. The van der Waals surface area contributed by atoms with Gasteiger partial charge >= 0.3 is 0 Å². The number of para-hydroxylation sites is 1. The van der Waals surface area contributed by atoms with Crippen molar-refractivity contribution in [1.29, 1.82) is 0 Å². The molecule has 2 aromatic rings. The average molecular weight is 370 g/mol. The summed E-state index contributed by atoms with van der Waals surface area (Å²) in [5.41, 5.74) is 2.88. The minimum absolute atomic E-state index is 0.0166. The summed E-state index contributed by atoms with van der Waals surface area (Å²) < 4.78 is 7.05. The zero-order chi connectivity index (χ0) is 19.6. The van der Waals surface area contributed by atoms with E-state index in [4.69, 9.17) is 4.74 Å². The zero-order valence-corrected chi connectivity index (χ0v) is 16.3. The first kappa shape index (κ1) is 18.9. The van der Waals surface area contributed by atoms with Gasteiger partial charge in [-0.15, -0.1) is 0 Å². The molecule has 2 amide bonds. The quantitative estimate of drug-likeness (QED) is 0.846. The summed E-state index contributed by atoms with van der Waals surface area (Å²) in [4.78, 5) is 26.9. The second kappa shape index (κ2) is 7.82. The molecule has 7 nitrogen and oxygen atoms in total. The van der Waals surface area contributed by atoms with E-state index < -0.39 is 0 Å². The third-order valence-electron chi connectivity index (χ3n) is 5.10. The SMILES string of the molecule is CCc1nn(C)c(NC(=O)C2CC(=O)N(Cc3ccccc3OC)C2)c1C. The van der Waals surface area contributed by atoms with Gasteiger partial charge in [-0.05, 0) is 19.4 Å². The van der Waals surface area contributed by atoms with E-state index in [1.54, 1.807) is 16.7 Å². The summed E-state index contributed by atoms with van der Waals surface area (Å²) in [5, 5.41) is 7.38. The topological polar surface area (TPSA) is 76.5 Å². The first-order valence-electron chi connectivity index (χ1n) is 9.17. The molecule has 1 N–H and O–H groups in total. The molecule has 1 aromatic carbocycles. The van der Waals surface area contributed by atoms with Gasteiger partial charge in [-0.1, -0.05) is 25.1 Å². The fraction of sp³-hybridized carbons (Fsp3) is 0.450. The number of hydrogen-bond donors (Lipinski definition) is 1. The molecule has 2 heterocycles. The Morgan fingerprint density at radius 1 is 1.37 bits per heavy atom. The van der Waals surface area contributed by atoms with E-state index in [2.05, 4.69) is 10.4 Å². The van der Waals surface area contributed by atoms with Crippen molar-refractivity contribution in [3.05, 3.63) is 41.1 Å². The lowest BCUT2D eigenvalue weighted by atomic mass is 10.1. The van der Waals surface area contributed by atoms with Crippen molar-refractivity contribution in [3.8, 4) is 5.75 Å². The van der Waals surface area contributed by atoms with Crippen LogP contribution in [0.3, 0.4) is 0 Å². The van der Waals surface area contributed by atoms with Crippen LogP contribution in [0.4, 0.5) is 5.82 Å². The van der Waals surface area contributed by atoms with E-state index in [1.807, 2.05) is 45.2 Å². The van der Waals surface area contributed by atoms with E-state index in [0.29, 0.717) is 18.9 Å². The van der Waals surface area contributed by atoms with Crippen molar-refractivity contribution in [2.24, 2.45) is 13.0 Å². The van der Waals surface area contributed by atoms with Gasteiger partial charge in [0.05, 0.1) is 18.7 Å². The molecule has 27 heavy (non-hydrogen) atoms. The minimum Gasteiger partial charge on any atom is -0.496 e. The number of carbonyl (C=O) groups excluding carboxylic acids is 2. The van der Waals surface area contributed by atoms with Crippen molar-refractivity contribution in [2.45, 2.75) is 33.2 Å². The van der Waals surface area contributed by atoms with Crippen LogP contribution in [0, 0.1) is 12.8 Å². The highest BCUT2D eigenvalue weighted by Gasteiger charge is 2.35. The molecule has 0 bridgehead atoms. The van der Waals surface area contributed by atoms with Crippen LogP contribution in [-0.4, -0.2) is 40.1 Å². The fourth-order valence-corrected chi connectivity index (χ4v) is 3.55. The number of ether oxygens (including phenoxy) is 1. The Morgan fingerprint density at radius 3 is 2.78 bits per heavy atom. The number of anilines is 1.